The summed E-state index contributed by atoms with van der Waals surface area (Å²) < 4.78 is 2.12. The van der Waals surface area contributed by atoms with E-state index in [4.69, 9.17) is 4.98 Å². The Morgan fingerprint density at radius 2 is 2.19 bits per heavy atom. The number of anilines is 1. The summed E-state index contributed by atoms with van der Waals surface area (Å²) in [7, 11) is 2.03. The number of hydrogen-bond donors (Lipinski definition) is 3. The van der Waals surface area contributed by atoms with Gasteiger partial charge in [-0.15, -0.1) is 0 Å². The first kappa shape index (κ1) is 17.6. The highest BCUT2D eigenvalue weighted by Crippen LogP contribution is 2.23. The molecule has 140 valence electrons. The minimum atomic E-state index is -0.313. The number of nitrogens with zero attached hydrogens (tertiary/aromatic N) is 3. The second kappa shape index (κ2) is 7.46. The first-order valence-corrected chi connectivity index (χ1v) is 9.34. The summed E-state index contributed by atoms with van der Waals surface area (Å²) >= 11 is 0. The van der Waals surface area contributed by atoms with Gasteiger partial charge < -0.3 is 9.88 Å². The lowest BCUT2D eigenvalue weighted by molar-refractivity contribution is -0.117. The van der Waals surface area contributed by atoms with Crippen LogP contribution in [0.5, 0.6) is 0 Å². The van der Waals surface area contributed by atoms with Crippen LogP contribution in [0.4, 0.5) is 5.69 Å². The van der Waals surface area contributed by atoms with Crippen LogP contribution in [0.1, 0.15) is 37.3 Å². The van der Waals surface area contributed by atoms with Gasteiger partial charge in [0.15, 0.2) is 0 Å². The molecule has 1 fully saturated rings. The average molecular weight is 364 g/mol. The Balaban J connectivity index is 1.45. The molecule has 0 radical (unpaired) electrons. The first-order valence-electron chi connectivity index (χ1n) is 9.34. The highest BCUT2D eigenvalue weighted by atomic mass is 16.2. The van der Waals surface area contributed by atoms with Crippen molar-refractivity contribution in [1.29, 1.82) is 0 Å². The Bertz CT molecular complexity index is 952. The lowest BCUT2D eigenvalue weighted by Gasteiger charge is -2.10. The second-order valence-corrected chi connectivity index (χ2v) is 6.91. The molecule has 1 aliphatic heterocycles. The highest BCUT2D eigenvalue weighted by Gasteiger charge is 2.30. The molecule has 4 rings (SSSR count). The largest absolute Gasteiger partial charge is 0.331 e. The topological polar surface area (TPSA) is 83.9 Å². The van der Waals surface area contributed by atoms with Crippen LogP contribution in [0, 0.1) is 0 Å². The molecular weight excluding hydrogens is 340 g/mol. The molecule has 3 N–H and O–H groups in total. The lowest BCUT2D eigenvalue weighted by atomic mass is 10.1. The van der Waals surface area contributed by atoms with Crippen molar-refractivity contribution in [3.05, 3.63) is 54.1 Å². The maximum absolute atomic E-state index is 12.6. The molecule has 1 aliphatic rings. The van der Waals surface area contributed by atoms with E-state index in [0.29, 0.717) is 6.42 Å². The molecule has 0 bridgehead atoms. The van der Waals surface area contributed by atoms with Gasteiger partial charge >= 0.3 is 0 Å². The van der Waals surface area contributed by atoms with Gasteiger partial charge in [-0.05, 0) is 43.2 Å². The third kappa shape index (κ3) is 3.56. The fourth-order valence-electron chi connectivity index (χ4n) is 3.51. The molecule has 0 aliphatic carbocycles. The van der Waals surface area contributed by atoms with Crippen LogP contribution in [0.25, 0.3) is 11.0 Å². The molecule has 7 heteroatoms. The molecular formula is C20H24N6O. The van der Waals surface area contributed by atoms with Crippen molar-refractivity contribution in [1.82, 2.24) is 25.4 Å². The first-order chi connectivity index (χ1) is 13.2. The predicted octanol–water partition coefficient (Wildman–Crippen LogP) is 2.47. The summed E-state index contributed by atoms with van der Waals surface area (Å²) in [6, 6.07) is 11.4. The minimum absolute atomic E-state index is 0.0248. The van der Waals surface area contributed by atoms with Crippen molar-refractivity contribution in [3.63, 3.8) is 0 Å². The van der Waals surface area contributed by atoms with Gasteiger partial charge in [-0.1, -0.05) is 13.0 Å². The fraction of sp³-hybridized carbons (Fsp3) is 0.350. The maximum atomic E-state index is 12.6. The normalized spacial score (nSPS) is 19.5. The third-order valence-corrected chi connectivity index (χ3v) is 4.98. The number of fused-ring (bicyclic) bond motifs is 1. The zero-order valence-electron chi connectivity index (χ0n) is 15.6. The molecule has 1 saturated heterocycles. The Kier molecular flexibility index (Phi) is 4.87. The number of hydrazine groups is 1. The summed E-state index contributed by atoms with van der Waals surface area (Å²) in [6.07, 6.45) is 4.41. The maximum Gasteiger partial charge on any atom is 0.242 e. The molecule has 2 atom stereocenters. The number of amides is 1. The van der Waals surface area contributed by atoms with Gasteiger partial charge in [-0.2, -0.15) is 0 Å². The zero-order chi connectivity index (χ0) is 18.8. The van der Waals surface area contributed by atoms with Gasteiger partial charge in [0.25, 0.3) is 0 Å². The van der Waals surface area contributed by atoms with E-state index >= 15 is 0 Å². The van der Waals surface area contributed by atoms with Gasteiger partial charge in [0, 0.05) is 25.4 Å². The highest BCUT2D eigenvalue weighted by molar-refractivity contribution is 5.96. The number of carbonyl (C=O) groups excluding carboxylic acids is 1. The van der Waals surface area contributed by atoms with Crippen molar-refractivity contribution < 1.29 is 4.79 Å². The van der Waals surface area contributed by atoms with Crippen LogP contribution in [-0.2, 0) is 18.3 Å². The van der Waals surface area contributed by atoms with E-state index in [9.17, 15) is 4.79 Å². The smallest absolute Gasteiger partial charge is 0.242 e. The van der Waals surface area contributed by atoms with Gasteiger partial charge in [0.1, 0.15) is 11.9 Å². The van der Waals surface area contributed by atoms with E-state index in [1.54, 1.807) is 6.20 Å². The molecule has 7 nitrogen and oxygen atoms in total. The van der Waals surface area contributed by atoms with Gasteiger partial charge in [0.05, 0.1) is 22.8 Å². The molecule has 1 amide bonds. The monoisotopic (exact) mass is 364 g/mol. The standard InChI is InChI=1S/C20H24N6O/c1-3-6-19-23-16-11-13(8-9-18(16)26(19)2)22-20(27)17-12-15(24-25-17)14-7-4-5-10-21-14/h4-5,7-11,15,17,24-25H,3,6,12H2,1-2H3,(H,22,27). The average Bonchev–Trinajstić information content (AvgIpc) is 3.29. The molecule has 3 aromatic rings. The SMILES string of the molecule is CCCc1nc2cc(NC(=O)C3CC(c4ccccn4)NN3)ccc2n1C. The molecule has 27 heavy (non-hydrogen) atoms. The molecule has 2 aromatic heterocycles. The van der Waals surface area contributed by atoms with E-state index in [2.05, 4.69) is 32.6 Å². The number of aryl methyl sites for hydroxylation is 2. The number of hydrogen-bond acceptors (Lipinski definition) is 5. The third-order valence-electron chi connectivity index (χ3n) is 4.98. The van der Waals surface area contributed by atoms with Crippen molar-refractivity contribution in [2.45, 2.75) is 38.3 Å². The number of aromatic nitrogens is 3. The predicted molar refractivity (Wildman–Crippen MR) is 105 cm³/mol. The Morgan fingerprint density at radius 3 is 2.96 bits per heavy atom. The summed E-state index contributed by atoms with van der Waals surface area (Å²) in [4.78, 5) is 21.7. The lowest BCUT2D eigenvalue weighted by Crippen LogP contribution is -2.39. The van der Waals surface area contributed by atoms with Crippen LogP contribution >= 0.6 is 0 Å². The summed E-state index contributed by atoms with van der Waals surface area (Å²) in [5.41, 5.74) is 9.90. The summed E-state index contributed by atoms with van der Waals surface area (Å²) in [5, 5.41) is 3.00. The van der Waals surface area contributed by atoms with Gasteiger partial charge in [0.2, 0.25) is 5.91 Å². The minimum Gasteiger partial charge on any atom is -0.331 e. The van der Waals surface area contributed by atoms with Crippen molar-refractivity contribution in [2.75, 3.05) is 5.32 Å². The number of benzene rings is 1. The number of carbonyl (C=O) groups is 1. The number of nitrogens with one attached hydrogen (secondary N) is 3. The summed E-state index contributed by atoms with van der Waals surface area (Å²) in [5.74, 6) is 1.00. The number of imidazole rings is 1. The van der Waals surface area contributed by atoms with Crippen LogP contribution in [-0.4, -0.2) is 26.5 Å². The Hall–Kier alpha value is -2.77. The Morgan fingerprint density at radius 1 is 1.30 bits per heavy atom. The van der Waals surface area contributed by atoms with Gasteiger partial charge in [-0.3, -0.25) is 9.78 Å². The van der Waals surface area contributed by atoms with Gasteiger partial charge in [-0.25, -0.2) is 15.8 Å². The summed E-state index contributed by atoms with van der Waals surface area (Å²) in [6.45, 7) is 2.14. The molecule has 1 aromatic carbocycles. The number of rotatable bonds is 5. The van der Waals surface area contributed by atoms with E-state index in [1.807, 2.05) is 43.4 Å². The number of pyridine rings is 1. The van der Waals surface area contributed by atoms with Crippen LogP contribution in [0.15, 0.2) is 42.6 Å². The van der Waals surface area contributed by atoms with E-state index < -0.39 is 0 Å². The van der Waals surface area contributed by atoms with E-state index in [1.165, 1.54) is 0 Å². The molecule has 0 saturated carbocycles. The molecule has 3 heterocycles. The van der Waals surface area contributed by atoms with Crippen LogP contribution < -0.4 is 16.2 Å². The van der Waals surface area contributed by atoms with E-state index in [-0.39, 0.29) is 18.0 Å². The fourth-order valence-corrected chi connectivity index (χ4v) is 3.51. The van der Waals surface area contributed by atoms with Crippen LogP contribution in [0.2, 0.25) is 0 Å². The van der Waals surface area contributed by atoms with Crippen molar-refractivity contribution >= 4 is 22.6 Å². The molecule has 2 unspecified atom stereocenters. The van der Waals surface area contributed by atoms with Crippen LogP contribution in [0.3, 0.4) is 0 Å². The second-order valence-electron chi connectivity index (χ2n) is 6.91. The van der Waals surface area contributed by atoms with Crippen molar-refractivity contribution in [2.24, 2.45) is 7.05 Å². The van der Waals surface area contributed by atoms with E-state index in [0.717, 1.165) is 41.1 Å². The quantitative estimate of drug-likeness (QED) is 0.648. The Labute approximate surface area is 158 Å². The van der Waals surface area contributed by atoms with Crippen molar-refractivity contribution in [3.8, 4) is 0 Å². The zero-order valence-corrected chi connectivity index (χ0v) is 15.6. The molecule has 0 spiro atoms.